The Bertz CT molecular complexity index is 290. The van der Waals surface area contributed by atoms with Gasteiger partial charge in [-0.1, -0.05) is 0 Å². The molecule has 2 N–H and O–H groups in total. The van der Waals surface area contributed by atoms with E-state index in [0.29, 0.717) is 12.4 Å². The van der Waals surface area contributed by atoms with Crippen LogP contribution in [0.5, 0.6) is 0 Å². The van der Waals surface area contributed by atoms with Gasteiger partial charge in [0.05, 0.1) is 5.69 Å². The van der Waals surface area contributed by atoms with E-state index < -0.39 is 0 Å². The fraction of sp³-hybridized carbons (Fsp3) is 0.667. The molecule has 72 valence electrons. The number of hydrogen-bond donors (Lipinski definition) is 1. The van der Waals surface area contributed by atoms with Crippen LogP contribution in [-0.4, -0.2) is 11.6 Å². The molecule has 1 atom stereocenters. The smallest absolute Gasteiger partial charge is 0.226 e. The third-order valence-corrected chi connectivity index (χ3v) is 2.43. The van der Waals surface area contributed by atoms with E-state index in [1.165, 1.54) is 0 Å². The van der Waals surface area contributed by atoms with Crippen molar-refractivity contribution in [3.8, 4) is 0 Å². The van der Waals surface area contributed by atoms with Crippen molar-refractivity contribution in [3.63, 3.8) is 0 Å². The molecule has 1 unspecified atom stereocenters. The zero-order valence-electron chi connectivity index (χ0n) is 7.75. The Kier molecular flexibility index (Phi) is 2.09. The molecule has 2 rings (SSSR count). The second-order valence-electron chi connectivity index (χ2n) is 3.53. The number of oxazole rings is 1. The highest BCUT2D eigenvalue weighted by Crippen LogP contribution is 2.34. The normalized spacial score (nSPS) is 28.2. The van der Waals surface area contributed by atoms with E-state index in [1.807, 2.05) is 6.92 Å². The number of rotatable bonds is 2. The maximum absolute atomic E-state index is 5.59. The summed E-state index contributed by atoms with van der Waals surface area (Å²) in [4.78, 5) is 4.27. The number of aromatic nitrogens is 1. The molecule has 0 radical (unpaired) electrons. The maximum Gasteiger partial charge on any atom is 0.226 e. The molecule has 1 fully saturated rings. The number of hydrogen-bond acceptors (Lipinski definition) is 4. The van der Waals surface area contributed by atoms with Crippen LogP contribution in [0.25, 0.3) is 0 Å². The standard InChI is InChI=1S/C9H14N2O2/c1-9(3-2-4-13-9)8-11-7(5-10)6-12-8/h6H,2-5,10H2,1H3. The lowest BCUT2D eigenvalue weighted by Gasteiger charge is -2.17. The van der Waals surface area contributed by atoms with Crippen LogP contribution >= 0.6 is 0 Å². The van der Waals surface area contributed by atoms with Gasteiger partial charge in [0, 0.05) is 13.2 Å². The Balaban J connectivity index is 2.23. The van der Waals surface area contributed by atoms with Crippen molar-refractivity contribution in [2.24, 2.45) is 5.73 Å². The number of ether oxygens (including phenoxy) is 1. The fourth-order valence-corrected chi connectivity index (χ4v) is 1.59. The van der Waals surface area contributed by atoms with E-state index in [0.717, 1.165) is 25.1 Å². The highest BCUT2D eigenvalue weighted by Gasteiger charge is 2.36. The van der Waals surface area contributed by atoms with Gasteiger partial charge < -0.3 is 14.9 Å². The van der Waals surface area contributed by atoms with Crippen LogP contribution in [0.15, 0.2) is 10.7 Å². The first-order valence-electron chi connectivity index (χ1n) is 4.53. The van der Waals surface area contributed by atoms with E-state index in [2.05, 4.69) is 4.98 Å². The Morgan fingerprint density at radius 3 is 3.08 bits per heavy atom. The monoisotopic (exact) mass is 182 g/mol. The van der Waals surface area contributed by atoms with Crippen LogP contribution < -0.4 is 5.73 Å². The molecule has 1 aliphatic heterocycles. The van der Waals surface area contributed by atoms with E-state index in [-0.39, 0.29) is 5.60 Å². The number of nitrogens with zero attached hydrogens (tertiary/aromatic N) is 1. The molecule has 1 aromatic rings. The third kappa shape index (κ3) is 1.47. The average molecular weight is 182 g/mol. The van der Waals surface area contributed by atoms with Crippen molar-refractivity contribution in [2.75, 3.05) is 6.61 Å². The van der Waals surface area contributed by atoms with E-state index in [4.69, 9.17) is 14.9 Å². The molecule has 1 saturated heterocycles. The SMILES string of the molecule is CC1(c2nc(CN)co2)CCCO1. The molecule has 4 nitrogen and oxygen atoms in total. The minimum atomic E-state index is -0.326. The summed E-state index contributed by atoms with van der Waals surface area (Å²) in [5.41, 5.74) is 5.90. The third-order valence-electron chi connectivity index (χ3n) is 2.43. The fourth-order valence-electron chi connectivity index (χ4n) is 1.59. The van der Waals surface area contributed by atoms with Gasteiger partial charge in [0.15, 0.2) is 0 Å². The van der Waals surface area contributed by atoms with Crippen LogP contribution in [0, 0.1) is 0 Å². The molecule has 13 heavy (non-hydrogen) atoms. The summed E-state index contributed by atoms with van der Waals surface area (Å²) < 4.78 is 10.9. The molecule has 0 spiro atoms. The Morgan fingerprint density at radius 1 is 1.69 bits per heavy atom. The molecule has 1 aromatic heterocycles. The summed E-state index contributed by atoms with van der Waals surface area (Å²) >= 11 is 0. The van der Waals surface area contributed by atoms with Crippen LogP contribution in [0.1, 0.15) is 31.4 Å². The van der Waals surface area contributed by atoms with Crippen molar-refractivity contribution in [1.82, 2.24) is 4.98 Å². The van der Waals surface area contributed by atoms with Crippen molar-refractivity contribution in [2.45, 2.75) is 31.9 Å². The molecule has 0 bridgehead atoms. The van der Waals surface area contributed by atoms with Gasteiger partial charge in [0.1, 0.15) is 11.9 Å². The minimum Gasteiger partial charge on any atom is -0.446 e. The minimum absolute atomic E-state index is 0.326. The number of nitrogens with two attached hydrogens (primary N) is 1. The first-order chi connectivity index (χ1) is 6.24. The van der Waals surface area contributed by atoms with Gasteiger partial charge in [-0.2, -0.15) is 0 Å². The summed E-state index contributed by atoms with van der Waals surface area (Å²) in [5, 5.41) is 0. The second kappa shape index (κ2) is 3.12. The van der Waals surface area contributed by atoms with Gasteiger partial charge in [0.2, 0.25) is 5.89 Å². The van der Waals surface area contributed by atoms with Gasteiger partial charge >= 0.3 is 0 Å². The average Bonchev–Trinajstić information content (AvgIpc) is 2.72. The topological polar surface area (TPSA) is 61.3 Å². The predicted octanol–water partition coefficient (Wildman–Crippen LogP) is 1.16. The zero-order chi connectivity index (χ0) is 9.31. The predicted molar refractivity (Wildman–Crippen MR) is 46.9 cm³/mol. The van der Waals surface area contributed by atoms with E-state index in [1.54, 1.807) is 6.26 Å². The largest absolute Gasteiger partial charge is 0.446 e. The molecular weight excluding hydrogens is 168 g/mol. The van der Waals surface area contributed by atoms with Gasteiger partial charge in [-0.3, -0.25) is 0 Å². The summed E-state index contributed by atoms with van der Waals surface area (Å²) in [5.74, 6) is 0.658. The van der Waals surface area contributed by atoms with Crippen LogP contribution in [0.2, 0.25) is 0 Å². The highest BCUT2D eigenvalue weighted by molar-refractivity contribution is 5.04. The van der Waals surface area contributed by atoms with Crippen LogP contribution in [-0.2, 0) is 16.9 Å². The van der Waals surface area contributed by atoms with E-state index in [9.17, 15) is 0 Å². The molecule has 2 heterocycles. The lowest BCUT2D eigenvalue weighted by atomic mass is 10.0. The van der Waals surface area contributed by atoms with Gasteiger partial charge in [0.25, 0.3) is 0 Å². The molecule has 4 heteroatoms. The Hall–Kier alpha value is -0.870. The van der Waals surface area contributed by atoms with Crippen molar-refractivity contribution in [3.05, 3.63) is 17.8 Å². The van der Waals surface area contributed by atoms with Crippen molar-refractivity contribution in [1.29, 1.82) is 0 Å². The molecule has 0 saturated carbocycles. The van der Waals surface area contributed by atoms with Gasteiger partial charge in [-0.15, -0.1) is 0 Å². The molecule has 0 amide bonds. The first-order valence-corrected chi connectivity index (χ1v) is 4.53. The van der Waals surface area contributed by atoms with Gasteiger partial charge in [-0.25, -0.2) is 4.98 Å². The van der Waals surface area contributed by atoms with E-state index >= 15 is 0 Å². The molecule has 0 aliphatic carbocycles. The van der Waals surface area contributed by atoms with Crippen LogP contribution in [0.3, 0.4) is 0 Å². The quantitative estimate of drug-likeness (QED) is 0.745. The lowest BCUT2D eigenvalue weighted by molar-refractivity contribution is -0.00532. The Morgan fingerprint density at radius 2 is 2.54 bits per heavy atom. The molecular formula is C9H14N2O2. The summed E-state index contributed by atoms with van der Waals surface area (Å²) in [6.45, 7) is 3.21. The van der Waals surface area contributed by atoms with Gasteiger partial charge in [-0.05, 0) is 19.8 Å². The van der Waals surface area contributed by atoms with Crippen LogP contribution in [0.4, 0.5) is 0 Å². The van der Waals surface area contributed by atoms with Crippen molar-refractivity contribution >= 4 is 0 Å². The molecule has 1 aliphatic rings. The first kappa shape index (κ1) is 8.72. The Labute approximate surface area is 77.1 Å². The summed E-state index contributed by atoms with van der Waals surface area (Å²) in [7, 11) is 0. The molecule has 0 aromatic carbocycles. The summed E-state index contributed by atoms with van der Waals surface area (Å²) in [6.07, 6.45) is 3.64. The zero-order valence-corrected chi connectivity index (χ0v) is 7.75. The summed E-state index contributed by atoms with van der Waals surface area (Å²) in [6, 6.07) is 0. The second-order valence-corrected chi connectivity index (χ2v) is 3.53. The lowest BCUT2D eigenvalue weighted by Crippen LogP contribution is -2.20. The van der Waals surface area contributed by atoms with Crippen molar-refractivity contribution < 1.29 is 9.15 Å². The maximum atomic E-state index is 5.59. The highest BCUT2D eigenvalue weighted by atomic mass is 16.5.